The summed E-state index contributed by atoms with van der Waals surface area (Å²) in [7, 11) is 3.88. The third-order valence-corrected chi connectivity index (χ3v) is 3.52. The van der Waals surface area contributed by atoms with Gasteiger partial charge in [0.1, 0.15) is 0 Å². The summed E-state index contributed by atoms with van der Waals surface area (Å²) in [6, 6.07) is 0.779. The molecule has 1 fully saturated rings. The average molecular weight is 204 g/mol. The van der Waals surface area contributed by atoms with E-state index in [0.29, 0.717) is 0 Å². The van der Waals surface area contributed by atoms with Gasteiger partial charge in [0.15, 0.2) is 0 Å². The van der Waals surface area contributed by atoms with Gasteiger partial charge in [0.05, 0.1) is 6.61 Å². The van der Waals surface area contributed by atoms with Gasteiger partial charge in [-0.25, -0.2) is 0 Å². The fourth-order valence-electron chi connectivity index (χ4n) is 1.17. The van der Waals surface area contributed by atoms with Gasteiger partial charge in [0, 0.05) is 44.3 Å². The van der Waals surface area contributed by atoms with E-state index in [0.717, 1.165) is 32.3 Å². The molecular weight excluding hydrogens is 184 g/mol. The number of nitrogens with zero attached hydrogens (tertiary/aromatic N) is 1. The number of hydrogen-bond donors (Lipinski definition) is 1. The number of thioether (sulfide) groups is 1. The van der Waals surface area contributed by atoms with Crippen molar-refractivity contribution in [2.24, 2.45) is 0 Å². The highest BCUT2D eigenvalue weighted by Crippen LogP contribution is 2.16. The number of rotatable bonds is 7. The minimum absolute atomic E-state index is 0.779. The third kappa shape index (κ3) is 4.86. The monoisotopic (exact) mass is 204 g/mol. The molecule has 0 aromatic carbocycles. The first kappa shape index (κ1) is 11.3. The van der Waals surface area contributed by atoms with Gasteiger partial charge in [-0.15, -0.1) is 0 Å². The normalized spacial score (nSPS) is 17.8. The number of methoxy groups -OCH3 is 1. The summed E-state index contributed by atoms with van der Waals surface area (Å²) < 4.78 is 5.01. The smallest absolute Gasteiger partial charge is 0.0589 e. The number of likely N-dealkylation sites (N-methyl/N-ethyl adjacent to an activating group) is 1. The Kier molecular flexibility index (Phi) is 5.78. The van der Waals surface area contributed by atoms with Crippen LogP contribution in [0.25, 0.3) is 0 Å². The van der Waals surface area contributed by atoms with Gasteiger partial charge < -0.3 is 15.0 Å². The predicted molar refractivity (Wildman–Crippen MR) is 58.5 cm³/mol. The predicted octanol–water partition coefficient (Wildman–Crippen LogP) is 0.270. The van der Waals surface area contributed by atoms with Crippen LogP contribution in [0.3, 0.4) is 0 Å². The lowest BCUT2D eigenvalue weighted by atomic mass is 10.3. The molecule has 1 aliphatic rings. The van der Waals surface area contributed by atoms with Gasteiger partial charge in [-0.2, -0.15) is 11.8 Å². The van der Waals surface area contributed by atoms with Gasteiger partial charge in [0.2, 0.25) is 0 Å². The fourth-order valence-corrected chi connectivity index (χ4v) is 1.88. The Morgan fingerprint density at radius 3 is 2.77 bits per heavy atom. The summed E-state index contributed by atoms with van der Waals surface area (Å²) in [5.74, 6) is 2.59. The molecule has 13 heavy (non-hydrogen) atoms. The van der Waals surface area contributed by atoms with Crippen molar-refractivity contribution in [1.82, 2.24) is 10.2 Å². The average Bonchev–Trinajstić information content (AvgIpc) is 2.06. The molecule has 0 bridgehead atoms. The van der Waals surface area contributed by atoms with E-state index in [4.69, 9.17) is 4.74 Å². The van der Waals surface area contributed by atoms with Crippen LogP contribution in [0.4, 0.5) is 0 Å². The van der Waals surface area contributed by atoms with Crippen molar-refractivity contribution in [1.29, 1.82) is 0 Å². The Bertz CT molecular complexity index is 131. The molecule has 1 heterocycles. The summed E-state index contributed by atoms with van der Waals surface area (Å²) in [6.07, 6.45) is 0. The molecule has 0 unspecified atom stereocenters. The van der Waals surface area contributed by atoms with Crippen LogP contribution >= 0.6 is 11.8 Å². The van der Waals surface area contributed by atoms with Crippen LogP contribution in [0, 0.1) is 0 Å². The lowest BCUT2D eigenvalue weighted by molar-refractivity contribution is 0.161. The second-order valence-electron chi connectivity index (χ2n) is 3.48. The summed E-state index contributed by atoms with van der Waals surface area (Å²) in [4.78, 5) is 2.29. The quantitative estimate of drug-likeness (QED) is 0.643. The zero-order valence-corrected chi connectivity index (χ0v) is 9.40. The molecule has 0 aromatic rings. The lowest BCUT2D eigenvalue weighted by Crippen LogP contribution is -2.43. The van der Waals surface area contributed by atoms with Crippen molar-refractivity contribution in [2.75, 3.05) is 51.9 Å². The van der Waals surface area contributed by atoms with Crippen molar-refractivity contribution in [2.45, 2.75) is 6.04 Å². The molecule has 1 N–H and O–H groups in total. The second-order valence-corrected chi connectivity index (χ2v) is 4.56. The molecule has 0 aliphatic carbocycles. The van der Waals surface area contributed by atoms with Crippen molar-refractivity contribution < 1.29 is 4.74 Å². The van der Waals surface area contributed by atoms with Gasteiger partial charge in [0.25, 0.3) is 0 Å². The zero-order valence-electron chi connectivity index (χ0n) is 8.58. The van der Waals surface area contributed by atoms with Gasteiger partial charge in [-0.1, -0.05) is 0 Å². The Labute approximate surface area is 85.2 Å². The minimum Gasteiger partial charge on any atom is -0.383 e. The molecule has 0 amide bonds. The molecule has 0 atom stereocenters. The molecule has 78 valence electrons. The van der Waals surface area contributed by atoms with E-state index in [1.807, 2.05) is 11.8 Å². The Hall–Kier alpha value is 0.230. The highest BCUT2D eigenvalue weighted by Gasteiger charge is 2.16. The lowest BCUT2D eigenvalue weighted by Gasteiger charge is -2.27. The van der Waals surface area contributed by atoms with Crippen LogP contribution in [-0.4, -0.2) is 62.8 Å². The molecular formula is C9H20N2OS. The highest BCUT2D eigenvalue weighted by atomic mass is 32.2. The van der Waals surface area contributed by atoms with Gasteiger partial charge in [-0.3, -0.25) is 0 Å². The van der Waals surface area contributed by atoms with Crippen molar-refractivity contribution >= 4 is 11.8 Å². The Morgan fingerprint density at radius 1 is 1.46 bits per heavy atom. The standard InChI is InChI=1S/C9H20N2OS/c1-11(5-6-12-2)4-3-10-9-7-13-8-9/h9-10H,3-8H2,1-2H3. The second kappa shape index (κ2) is 6.65. The largest absolute Gasteiger partial charge is 0.383 e. The summed E-state index contributed by atoms with van der Waals surface area (Å²) in [5.41, 5.74) is 0. The number of nitrogens with one attached hydrogen (secondary N) is 1. The fraction of sp³-hybridized carbons (Fsp3) is 1.00. The topological polar surface area (TPSA) is 24.5 Å². The van der Waals surface area contributed by atoms with Crippen molar-refractivity contribution in [3.05, 3.63) is 0 Å². The van der Waals surface area contributed by atoms with E-state index in [1.165, 1.54) is 11.5 Å². The maximum atomic E-state index is 5.01. The van der Waals surface area contributed by atoms with Crippen molar-refractivity contribution in [3.63, 3.8) is 0 Å². The van der Waals surface area contributed by atoms with E-state index < -0.39 is 0 Å². The molecule has 0 spiro atoms. The molecule has 0 aromatic heterocycles. The molecule has 1 rings (SSSR count). The van der Waals surface area contributed by atoms with Gasteiger partial charge in [-0.05, 0) is 7.05 Å². The van der Waals surface area contributed by atoms with Crippen molar-refractivity contribution in [3.8, 4) is 0 Å². The van der Waals surface area contributed by atoms with E-state index in [2.05, 4.69) is 17.3 Å². The Morgan fingerprint density at radius 2 is 2.23 bits per heavy atom. The summed E-state index contributed by atoms with van der Waals surface area (Å²) in [5, 5.41) is 3.52. The van der Waals surface area contributed by atoms with Crippen LogP contribution in [0.2, 0.25) is 0 Å². The molecule has 4 heteroatoms. The SMILES string of the molecule is COCCN(C)CCNC1CSC1. The first-order valence-electron chi connectivity index (χ1n) is 4.81. The minimum atomic E-state index is 0.779. The van der Waals surface area contributed by atoms with E-state index >= 15 is 0 Å². The molecule has 0 radical (unpaired) electrons. The maximum Gasteiger partial charge on any atom is 0.0589 e. The summed E-state index contributed by atoms with van der Waals surface area (Å²) >= 11 is 2.02. The third-order valence-electron chi connectivity index (χ3n) is 2.24. The molecule has 0 saturated carbocycles. The van der Waals surface area contributed by atoms with Gasteiger partial charge >= 0.3 is 0 Å². The zero-order chi connectivity index (χ0) is 9.52. The molecule has 1 aliphatic heterocycles. The molecule has 1 saturated heterocycles. The number of hydrogen-bond acceptors (Lipinski definition) is 4. The first-order valence-corrected chi connectivity index (χ1v) is 5.97. The van der Waals surface area contributed by atoms with Crippen LogP contribution in [0.5, 0.6) is 0 Å². The van der Waals surface area contributed by atoms with E-state index in [1.54, 1.807) is 7.11 Å². The van der Waals surface area contributed by atoms with Crippen LogP contribution in [0.1, 0.15) is 0 Å². The maximum absolute atomic E-state index is 5.01. The van der Waals surface area contributed by atoms with Crippen LogP contribution in [-0.2, 0) is 4.74 Å². The summed E-state index contributed by atoms with van der Waals surface area (Å²) in [6.45, 7) is 4.07. The molecule has 3 nitrogen and oxygen atoms in total. The van der Waals surface area contributed by atoms with E-state index in [9.17, 15) is 0 Å². The van der Waals surface area contributed by atoms with E-state index in [-0.39, 0.29) is 0 Å². The number of ether oxygens (including phenoxy) is 1. The Balaban J connectivity index is 1.85. The highest BCUT2D eigenvalue weighted by molar-refractivity contribution is 8.00. The van der Waals surface area contributed by atoms with Crippen LogP contribution in [0.15, 0.2) is 0 Å². The first-order chi connectivity index (χ1) is 6.33. The van der Waals surface area contributed by atoms with Crippen LogP contribution < -0.4 is 5.32 Å².